The van der Waals surface area contributed by atoms with Gasteiger partial charge in [-0.1, -0.05) is 6.07 Å². The number of carboxylic acids is 1. The molecule has 11 heteroatoms. The number of carboxylic acid groups (broad SMARTS) is 1. The number of benzene rings is 1. The van der Waals surface area contributed by atoms with Crippen molar-refractivity contribution in [1.82, 2.24) is 9.88 Å². The van der Waals surface area contributed by atoms with E-state index < -0.39 is 23.4 Å². The van der Waals surface area contributed by atoms with Crippen molar-refractivity contribution in [2.75, 3.05) is 24.5 Å². The summed E-state index contributed by atoms with van der Waals surface area (Å²) < 4.78 is 45.1. The molecule has 170 valence electrons. The van der Waals surface area contributed by atoms with E-state index in [4.69, 9.17) is 9.90 Å². The minimum atomic E-state index is -5.08. The first-order chi connectivity index (χ1) is 15.0. The molecule has 2 aliphatic heterocycles. The number of rotatable bonds is 2. The largest absolute Gasteiger partial charge is 0.490 e. The lowest BCUT2D eigenvalue weighted by molar-refractivity contribution is -0.192. The van der Waals surface area contributed by atoms with E-state index in [0.717, 1.165) is 5.69 Å². The SMILES string of the molecule is O=C(O)C(F)(F)F.O=C(c1cccc(F)c1)N1CCC2(CCN(c3cccnc3)C2=O)C1. The van der Waals surface area contributed by atoms with E-state index in [0.29, 0.717) is 38.0 Å². The molecule has 1 spiro atoms. The number of aromatic nitrogens is 1. The van der Waals surface area contributed by atoms with E-state index >= 15 is 0 Å². The number of anilines is 1. The van der Waals surface area contributed by atoms with Crippen molar-refractivity contribution >= 4 is 23.5 Å². The second-order valence-electron chi connectivity index (χ2n) is 7.49. The molecule has 2 aromatic rings. The van der Waals surface area contributed by atoms with E-state index in [1.54, 1.807) is 28.3 Å². The fourth-order valence-electron chi connectivity index (χ4n) is 3.81. The molecular formula is C21H19F4N3O4. The first-order valence-electron chi connectivity index (χ1n) is 9.60. The number of likely N-dealkylation sites (tertiary alicyclic amines) is 1. The quantitative estimate of drug-likeness (QED) is 0.706. The molecule has 32 heavy (non-hydrogen) atoms. The number of hydrogen-bond acceptors (Lipinski definition) is 4. The maximum Gasteiger partial charge on any atom is 0.490 e. The lowest BCUT2D eigenvalue weighted by atomic mass is 9.85. The Balaban J connectivity index is 0.000000360. The van der Waals surface area contributed by atoms with Gasteiger partial charge in [0, 0.05) is 31.4 Å². The van der Waals surface area contributed by atoms with Crippen molar-refractivity contribution in [2.24, 2.45) is 5.41 Å². The van der Waals surface area contributed by atoms with Gasteiger partial charge < -0.3 is 14.9 Å². The highest BCUT2D eigenvalue weighted by molar-refractivity contribution is 6.01. The van der Waals surface area contributed by atoms with Gasteiger partial charge >= 0.3 is 12.1 Å². The molecule has 0 radical (unpaired) electrons. The summed E-state index contributed by atoms with van der Waals surface area (Å²) in [4.78, 5) is 42.0. The summed E-state index contributed by atoms with van der Waals surface area (Å²) >= 11 is 0. The molecule has 1 atom stereocenters. The van der Waals surface area contributed by atoms with Crippen molar-refractivity contribution in [3.05, 3.63) is 60.2 Å². The molecule has 2 fully saturated rings. The number of carbonyl (C=O) groups excluding carboxylic acids is 2. The molecular weight excluding hydrogens is 434 g/mol. The Kier molecular flexibility index (Phi) is 6.47. The van der Waals surface area contributed by atoms with Gasteiger partial charge in [0.1, 0.15) is 5.82 Å². The molecule has 3 heterocycles. The van der Waals surface area contributed by atoms with E-state index in [9.17, 15) is 27.2 Å². The molecule has 1 aromatic carbocycles. The van der Waals surface area contributed by atoms with Crippen LogP contribution in [0.1, 0.15) is 23.2 Å². The van der Waals surface area contributed by atoms with E-state index in [-0.39, 0.29) is 11.8 Å². The predicted octanol–water partition coefficient (Wildman–Crippen LogP) is 3.12. The highest BCUT2D eigenvalue weighted by Crippen LogP contribution is 2.42. The molecule has 0 saturated carbocycles. The highest BCUT2D eigenvalue weighted by atomic mass is 19.4. The normalized spacial score (nSPS) is 20.3. The molecule has 1 aromatic heterocycles. The molecule has 1 unspecified atom stereocenters. The van der Waals surface area contributed by atoms with Gasteiger partial charge in [-0.3, -0.25) is 14.6 Å². The summed E-state index contributed by atoms with van der Waals surface area (Å²) in [6, 6.07) is 9.37. The molecule has 0 bridgehead atoms. The second-order valence-corrected chi connectivity index (χ2v) is 7.49. The summed E-state index contributed by atoms with van der Waals surface area (Å²) in [6.07, 6.45) is -0.367. The van der Waals surface area contributed by atoms with E-state index in [1.165, 1.54) is 18.2 Å². The standard InChI is InChI=1S/C19H18FN3O2.C2HF3O2/c20-15-4-1-3-14(11-15)17(24)22-9-6-19(13-22)7-10-23(18(19)25)16-5-2-8-21-12-16;3-2(4,5)1(6)7/h1-5,8,11-12H,6-7,9-10,13H2;(H,6,7). The van der Waals surface area contributed by atoms with Gasteiger partial charge in [-0.25, -0.2) is 9.18 Å². The van der Waals surface area contributed by atoms with Crippen molar-refractivity contribution in [3.8, 4) is 0 Å². The van der Waals surface area contributed by atoms with Crippen molar-refractivity contribution in [2.45, 2.75) is 19.0 Å². The average molecular weight is 453 g/mol. The van der Waals surface area contributed by atoms with Gasteiger partial charge in [0.05, 0.1) is 17.3 Å². The third-order valence-corrected chi connectivity index (χ3v) is 5.43. The van der Waals surface area contributed by atoms with Gasteiger partial charge in [0.2, 0.25) is 5.91 Å². The zero-order chi connectivity index (χ0) is 23.5. The van der Waals surface area contributed by atoms with Crippen LogP contribution in [0.4, 0.5) is 23.2 Å². The minimum absolute atomic E-state index is 0.0510. The number of aliphatic carboxylic acids is 1. The van der Waals surface area contributed by atoms with E-state index in [2.05, 4.69) is 4.98 Å². The number of halogens is 4. The summed E-state index contributed by atoms with van der Waals surface area (Å²) in [5, 5.41) is 7.12. The maximum atomic E-state index is 13.4. The van der Waals surface area contributed by atoms with Gasteiger partial charge in [0.25, 0.3) is 5.91 Å². The monoisotopic (exact) mass is 453 g/mol. The molecule has 4 rings (SSSR count). The predicted molar refractivity (Wildman–Crippen MR) is 104 cm³/mol. The van der Waals surface area contributed by atoms with Gasteiger partial charge in [-0.05, 0) is 43.2 Å². The van der Waals surface area contributed by atoms with Crippen LogP contribution in [0.3, 0.4) is 0 Å². The Bertz CT molecular complexity index is 1020. The highest BCUT2D eigenvalue weighted by Gasteiger charge is 2.52. The Morgan fingerprint density at radius 3 is 2.38 bits per heavy atom. The summed E-state index contributed by atoms with van der Waals surface area (Å²) in [5.41, 5.74) is 0.588. The van der Waals surface area contributed by atoms with Crippen molar-refractivity contribution in [3.63, 3.8) is 0 Å². The van der Waals surface area contributed by atoms with Gasteiger partial charge in [-0.2, -0.15) is 13.2 Å². The second kappa shape index (κ2) is 8.93. The van der Waals surface area contributed by atoms with E-state index in [1.807, 2.05) is 12.1 Å². The number of hydrogen-bond donors (Lipinski definition) is 1. The van der Waals surface area contributed by atoms with Gasteiger partial charge in [-0.15, -0.1) is 0 Å². The van der Waals surface area contributed by atoms with Crippen LogP contribution in [-0.2, 0) is 9.59 Å². The third kappa shape index (κ3) is 4.87. The van der Waals surface area contributed by atoms with Crippen LogP contribution in [-0.4, -0.2) is 58.6 Å². The topological polar surface area (TPSA) is 90.8 Å². The Hall–Kier alpha value is -3.50. The first-order valence-corrected chi connectivity index (χ1v) is 9.60. The summed E-state index contributed by atoms with van der Waals surface area (Å²) in [7, 11) is 0. The number of pyridine rings is 1. The fraction of sp³-hybridized carbons (Fsp3) is 0.333. The Labute approximate surface area is 180 Å². The minimum Gasteiger partial charge on any atom is -0.475 e. The van der Waals surface area contributed by atoms with Crippen molar-refractivity contribution < 1.29 is 37.1 Å². The maximum absolute atomic E-state index is 13.4. The zero-order valence-corrected chi connectivity index (χ0v) is 16.7. The average Bonchev–Trinajstić information content (AvgIpc) is 3.32. The Morgan fingerprint density at radius 1 is 1.09 bits per heavy atom. The number of carbonyl (C=O) groups is 3. The van der Waals surface area contributed by atoms with Crippen LogP contribution in [0.25, 0.3) is 0 Å². The van der Waals surface area contributed by atoms with Crippen LogP contribution in [0.5, 0.6) is 0 Å². The summed E-state index contributed by atoms with van der Waals surface area (Å²) in [6.45, 7) is 1.53. The lowest BCUT2D eigenvalue weighted by Crippen LogP contribution is -2.38. The van der Waals surface area contributed by atoms with Crippen LogP contribution in [0, 0.1) is 11.2 Å². The van der Waals surface area contributed by atoms with Gasteiger partial charge in [0.15, 0.2) is 0 Å². The fourth-order valence-corrected chi connectivity index (χ4v) is 3.81. The van der Waals surface area contributed by atoms with Crippen LogP contribution >= 0.6 is 0 Å². The lowest BCUT2D eigenvalue weighted by Gasteiger charge is -2.23. The van der Waals surface area contributed by atoms with Crippen LogP contribution < -0.4 is 4.90 Å². The molecule has 0 aliphatic carbocycles. The number of amides is 2. The molecule has 7 nitrogen and oxygen atoms in total. The molecule has 1 N–H and O–H groups in total. The van der Waals surface area contributed by atoms with Crippen LogP contribution in [0.15, 0.2) is 48.8 Å². The zero-order valence-electron chi connectivity index (χ0n) is 16.7. The van der Waals surface area contributed by atoms with Crippen LogP contribution in [0.2, 0.25) is 0 Å². The Morgan fingerprint density at radius 2 is 1.78 bits per heavy atom. The molecule has 2 aliphatic rings. The molecule has 2 amide bonds. The number of nitrogens with zero attached hydrogens (tertiary/aromatic N) is 3. The number of alkyl halides is 3. The first kappa shape index (κ1) is 23.2. The molecule has 2 saturated heterocycles. The van der Waals surface area contributed by atoms with Crippen molar-refractivity contribution in [1.29, 1.82) is 0 Å². The third-order valence-electron chi connectivity index (χ3n) is 5.43. The summed E-state index contributed by atoms with van der Waals surface area (Å²) in [5.74, 6) is -3.36. The smallest absolute Gasteiger partial charge is 0.475 e.